The number of esters is 2. The molecular formula is C42H74O12S. The molecule has 1 rings (SSSR count). The van der Waals surface area contributed by atoms with Crippen LogP contribution in [0.15, 0.2) is 36.5 Å². The number of hydrogen-bond acceptors (Lipinski definition) is 11. The lowest BCUT2D eigenvalue weighted by molar-refractivity contribution is -0.297. The zero-order chi connectivity index (χ0) is 40.6. The Hall–Kier alpha value is -2.13. The van der Waals surface area contributed by atoms with E-state index in [-0.39, 0.29) is 19.4 Å². The molecule has 6 atom stereocenters. The predicted molar refractivity (Wildman–Crippen MR) is 215 cm³/mol. The van der Waals surface area contributed by atoms with Gasteiger partial charge in [0.25, 0.3) is 10.1 Å². The van der Waals surface area contributed by atoms with Gasteiger partial charge in [-0.15, -0.1) is 0 Å². The SMILES string of the molecule is CC/C=C\C/C=C\C/C=C\CCCCCCCC(=O)OC(COC(=O)CCCCCCCCCCCCCC)COC1OC(CS(=O)(=O)O)C(O)C(O)C1O. The van der Waals surface area contributed by atoms with Gasteiger partial charge in [-0.05, 0) is 44.9 Å². The Kier molecular flexibility index (Phi) is 30.4. The molecule has 0 aromatic carbocycles. The van der Waals surface area contributed by atoms with E-state index >= 15 is 0 Å². The van der Waals surface area contributed by atoms with E-state index in [2.05, 4.69) is 50.3 Å². The molecule has 0 bridgehead atoms. The highest BCUT2D eigenvalue weighted by Crippen LogP contribution is 2.24. The van der Waals surface area contributed by atoms with Crippen LogP contribution in [0.2, 0.25) is 0 Å². The summed E-state index contributed by atoms with van der Waals surface area (Å²) in [6, 6.07) is 0. The average molecular weight is 803 g/mol. The number of carbonyl (C=O) groups excluding carboxylic acids is 2. The van der Waals surface area contributed by atoms with Crippen molar-refractivity contribution >= 4 is 22.1 Å². The fraction of sp³-hybridized carbons (Fsp3) is 0.810. The van der Waals surface area contributed by atoms with E-state index in [4.69, 9.17) is 18.9 Å². The molecule has 0 radical (unpaired) electrons. The number of rotatable bonds is 34. The third-order valence-electron chi connectivity index (χ3n) is 9.48. The highest BCUT2D eigenvalue weighted by atomic mass is 32.2. The lowest BCUT2D eigenvalue weighted by Gasteiger charge is -2.40. The van der Waals surface area contributed by atoms with E-state index in [1.165, 1.54) is 51.4 Å². The fourth-order valence-corrected chi connectivity index (χ4v) is 6.91. The minimum absolute atomic E-state index is 0.146. The van der Waals surface area contributed by atoms with Gasteiger partial charge in [0.15, 0.2) is 12.4 Å². The van der Waals surface area contributed by atoms with E-state index in [0.717, 1.165) is 70.6 Å². The van der Waals surface area contributed by atoms with Crippen LogP contribution in [-0.2, 0) is 38.7 Å². The molecule has 4 N–H and O–H groups in total. The summed E-state index contributed by atoms with van der Waals surface area (Å²) in [5.41, 5.74) is 0. The third-order valence-corrected chi connectivity index (χ3v) is 10.2. The quantitative estimate of drug-likeness (QED) is 0.0214. The van der Waals surface area contributed by atoms with Crippen LogP contribution in [0, 0.1) is 0 Å². The van der Waals surface area contributed by atoms with Crippen LogP contribution in [0.1, 0.15) is 162 Å². The van der Waals surface area contributed by atoms with E-state index in [1.54, 1.807) is 0 Å². The molecule has 1 aliphatic rings. The van der Waals surface area contributed by atoms with Gasteiger partial charge in [-0.3, -0.25) is 14.1 Å². The van der Waals surface area contributed by atoms with Crippen LogP contribution < -0.4 is 0 Å². The Bertz CT molecular complexity index is 1170. The Balaban J connectivity index is 2.50. The lowest BCUT2D eigenvalue weighted by Crippen LogP contribution is -2.60. The Morgan fingerprint density at radius 2 is 1.15 bits per heavy atom. The largest absolute Gasteiger partial charge is 0.462 e. The predicted octanol–water partition coefficient (Wildman–Crippen LogP) is 7.83. The van der Waals surface area contributed by atoms with Crippen molar-refractivity contribution in [3.8, 4) is 0 Å². The monoisotopic (exact) mass is 802 g/mol. The van der Waals surface area contributed by atoms with E-state index in [9.17, 15) is 37.9 Å². The molecule has 1 fully saturated rings. The zero-order valence-corrected chi connectivity index (χ0v) is 34.6. The van der Waals surface area contributed by atoms with Gasteiger partial charge in [0.05, 0.1) is 6.61 Å². The molecule has 0 saturated carbocycles. The zero-order valence-electron chi connectivity index (χ0n) is 33.8. The highest BCUT2D eigenvalue weighted by molar-refractivity contribution is 7.85. The normalized spacial score (nSPS) is 21.2. The van der Waals surface area contributed by atoms with Crippen molar-refractivity contribution in [1.29, 1.82) is 0 Å². The molecule has 0 amide bonds. The molecule has 320 valence electrons. The fourth-order valence-electron chi connectivity index (χ4n) is 6.22. The number of unbranched alkanes of at least 4 members (excludes halogenated alkanes) is 16. The Morgan fingerprint density at radius 3 is 1.71 bits per heavy atom. The summed E-state index contributed by atoms with van der Waals surface area (Å²) in [4.78, 5) is 25.3. The molecular weight excluding hydrogens is 729 g/mol. The number of aliphatic hydroxyl groups excluding tert-OH is 3. The molecule has 13 heteroatoms. The molecule has 0 aromatic heterocycles. The van der Waals surface area contributed by atoms with Crippen molar-refractivity contribution in [1.82, 2.24) is 0 Å². The van der Waals surface area contributed by atoms with E-state index in [0.29, 0.717) is 12.8 Å². The number of aliphatic hydroxyl groups is 3. The maximum Gasteiger partial charge on any atom is 0.306 e. The van der Waals surface area contributed by atoms with Gasteiger partial charge in [-0.2, -0.15) is 8.42 Å². The van der Waals surface area contributed by atoms with Crippen LogP contribution in [-0.4, -0.2) is 96.0 Å². The molecule has 0 spiro atoms. The minimum Gasteiger partial charge on any atom is -0.462 e. The first-order chi connectivity index (χ1) is 26.5. The minimum atomic E-state index is -4.60. The van der Waals surface area contributed by atoms with Crippen LogP contribution in [0.5, 0.6) is 0 Å². The first kappa shape index (κ1) is 50.9. The summed E-state index contributed by atoms with van der Waals surface area (Å²) in [5, 5.41) is 30.8. The summed E-state index contributed by atoms with van der Waals surface area (Å²) in [6.45, 7) is 3.61. The molecule has 0 aliphatic carbocycles. The van der Waals surface area contributed by atoms with Crippen molar-refractivity contribution in [2.75, 3.05) is 19.0 Å². The van der Waals surface area contributed by atoms with Crippen molar-refractivity contribution in [3.63, 3.8) is 0 Å². The van der Waals surface area contributed by atoms with Gasteiger partial charge >= 0.3 is 11.9 Å². The number of hydrogen-bond donors (Lipinski definition) is 4. The van der Waals surface area contributed by atoms with Crippen molar-refractivity contribution in [2.24, 2.45) is 0 Å². The molecule has 12 nitrogen and oxygen atoms in total. The van der Waals surface area contributed by atoms with Crippen LogP contribution in [0.4, 0.5) is 0 Å². The third kappa shape index (κ3) is 28.0. The molecule has 55 heavy (non-hydrogen) atoms. The smallest absolute Gasteiger partial charge is 0.306 e. The Labute approximate surface area is 331 Å². The second-order valence-corrected chi connectivity index (χ2v) is 16.1. The molecule has 6 unspecified atom stereocenters. The molecule has 1 saturated heterocycles. The maximum absolute atomic E-state index is 12.8. The van der Waals surface area contributed by atoms with E-state index < -0.39 is 71.2 Å². The molecule has 1 heterocycles. The first-order valence-corrected chi connectivity index (χ1v) is 22.7. The molecule has 0 aromatic rings. The maximum atomic E-state index is 12.8. The summed E-state index contributed by atoms with van der Waals surface area (Å²) in [7, 11) is -4.60. The summed E-state index contributed by atoms with van der Waals surface area (Å²) in [5.74, 6) is -2.00. The van der Waals surface area contributed by atoms with E-state index in [1.807, 2.05) is 0 Å². The second kappa shape index (κ2) is 32.9. The van der Waals surface area contributed by atoms with Crippen LogP contribution in [0.3, 0.4) is 0 Å². The van der Waals surface area contributed by atoms with Gasteiger partial charge in [0.2, 0.25) is 0 Å². The van der Waals surface area contributed by atoms with Crippen molar-refractivity contribution in [3.05, 3.63) is 36.5 Å². The van der Waals surface area contributed by atoms with Gasteiger partial charge in [-0.25, -0.2) is 0 Å². The van der Waals surface area contributed by atoms with Gasteiger partial charge in [0.1, 0.15) is 36.8 Å². The standard InChI is InChI=1S/C42H74O12S/c1-3-5-7-9-11-13-15-17-18-19-21-23-25-27-29-31-38(44)53-35(33-52-42-41(47)40(46)39(45)36(54-42)34-55(48,49)50)32-51-37(43)30-28-26-24-22-20-16-14-12-10-8-6-4-2/h5,7,11,13,17-18,35-36,39-42,45-47H,3-4,6,8-10,12,14-16,19-34H2,1-2H3,(H,48,49,50)/b7-5-,13-11-,18-17-. The Morgan fingerprint density at radius 1 is 0.636 bits per heavy atom. The molecule has 1 aliphatic heterocycles. The van der Waals surface area contributed by atoms with Crippen molar-refractivity contribution < 1.29 is 56.8 Å². The van der Waals surface area contributed by atoms with Gasteiger partial charge < -0.3 is 34.3 Å². The first-order valence-electron chi connectivity index (χ1n) is 21.0. The number of allylic oxidation sites excluding steroid dienone is 6. The van der Waals surface area contributed by atoms with Crippen LogP contribution >= 0.6 is 0 Å². The van der Waals surface area contributed by atoms with Crippen LogP contribution in [0.25, 0.3) is 0 Å². The highest BCUT2D eigenvalue weighted by Gasteiger charge is 2.46. The second-order valence-electron chi connectivity index (χ2n) is 14.6. The van der Waals surface area contributed by atoms with Gasteiger partial charge in [0, 0.05) is 12.8 Å². The average Bonchev–Trinajstić information content (AvgIpc) is 3.14. The number of ether oxygens (including phenoxy) is 4. The summed E-state index contributed by atoms with van der Waals surface area (Å²) < 4.78 is 53.9. The summed E-state index contributed by atoms with van der Waals surface area (Å²) in [6.07, 6.45) is 26.2. The summed E-state index contributed by atoms with van der Waals surface area (Å²) >= 11 is 0. The van der Waals surface area contributed by atoms with Gasteiger partial charge in [-0.1, -0.05) is 140 Å². The lowest BCUT2D eigenvalue weighted by atomic mass is 10.00. The van der Waals surface area contributed by atoms with Crippen molar-refractivity contribution in [2.45, 2.75) is 198 Å². The number of carbonyl (C=O) groups is 2. The topological polar surface area (TPSA) is 186 Å².